The molecule has 5 N–H and O–H groups in total. The van der Waals surface area contributed by atoms with Gasteiger partial charge >= 0.3 is 0 Å². The van der Waals surface area contributed by atoms with E-state index in [0.717, 1.165) is 48.2 Å². The molecular weight excluding hydrogens is 504 g/mol. The zero-order valence-electron chi connectivity index (χ0n) is 21.3. The molecule has 0 spiro atoms. The summed E-state index contributed by atoms with van der Waals surface area (Å²) < 4.78 is 0. The van der Waals surface area contributed by atoms with E-state index in [1.54, 1.807) is 43.5 Å². The van der Waals surface area contributed by atoms with Crippen LogP contribution in [0.1, 0.15) is 37.0 Å². The van der Waals surface area contributed by atoms with E-state index in [4.69, 9.17) is 16.6 Å². The Morgan fingerprint density at radius 2 is 2.03 bits per heavy atom. The van der Waals surface area contributed by atoms with Crippen LogP contribution >= 0.6 is 11.6 Å². The summed E-state index contributed by atoms with van der Waals surface area (Å²) in [6, 6.07) is 13.2. The standard InChI is InChI=1S/C28H31ClN6O3/c1-16-12-21(35-10-7-20(8-11-35)32-17(2)36)14-23-26(16)34-27(33-23)25-22(6-9-30-28(25)38)31-15-24(37)18-4-3-5-19(29)13-18/h3-6,9,12-14,20,24,37H,7-8,10-11,15H2,1-2H3,(H,32,36)(H,33,34)(H2,30,31,38). The van der Waals surface area contributed by atoms with Crippen LogP contribution in [0.15, 0.2) is 53.5 Å². The van der Waals surface area contributed by atoms with E-state index in [1.807, 2.05) is 6.92 Å². The van der Waals surface area contributed by atoms with Crippen LogP contribution in [-0.2, 0) is 4.79 Å². The number of aliphatic hydroxyl groups is 1. The third-order valence-electron chi connectivity index (χ3n) is 6.95. The molecule has 3 heterocycles. The maximum Gasteiger partial charge on any atom is 0.261 e. The van der Waals surface area contributed by atoms with Gasteiger partial charge < -0.3 is 30.6 Å². The normalized spacial score (nSPS) is 15.0. The van der Waals surface area contributed by atoms with Crippen molar-refractivity contribution < 1.29 is 9.90 Å². The van der Waals surface area contributed by atoms with Gasteiger partial charge in [-0.3, -0.25) is 9.59 Å². The number of anilines is 2. The SMILES string of the molecule is CC(=O)NC1CCN(c2cc(C)c3nc(-c4c(NCC(O)c5cccc(Cl)c5)cc[nH]c4=O)[nH]c3c2)CC1. The second-order valence-corrected chi connectivity index (χ2v) is 10.2. The quantitative estimate of drug-likeness (QED) is 0.243. The number of imidazole rings is 1. The highest BCUT2D eigenvalue weighted by molar-refractivity contribution is 6.30. The highest BCUT2D eigenvalue weighted by atomic mass is 35.5. The van der Waals surface area contributed by atoms with Gasteiger partial charge in [0.2, 0.25) is 5.91 Å². The van der Waals surface area contributed by atoms with Gasteiger partial charge in [0.15, 0.2) is 0 Å². The number of hydrogen-bond acceptors (Lipinski definition) is 6. The van der Waals surface area contributed by atoms with E-state index in [1.165, 1.54) is 0 Å². The first-order valence-electron chi connectivity index (χ1n) is 12.7. The van der Waals surface area contributed by atoms with Gasteiger partial charge in [0.25, 0.3) is 5.56 Å². The first kappa shape index (κ1) is 25.8. The molecule has 0 radical (unpaired) electrons. The number of aliphatic hydroxyl groups excluding tert-OH is 1. The summed E-state index contributed by atoms with van der Waals surface area (Å²) >= 11 is 6.06. The van der Waals surface area contributed by atoms with Crippen LogP contribution in [0.4, 0.5) is 11.4 Å². The molecule has 1 fully saturated rings. The number of hydrogen-bond donors (Lipinski definition) is 5. The number of pyridine rings is 1. The number of aryl methyl sites for hydroxylation is 1. The summed E-state index contributed by atoms with van der Waals surface area (Å²) in [5.41, 5.74) is 5.05. The Balaban J connectivity index is 1.39. The number of fused-ring (bicyclic) bond motifs is 1. The Labute approximate surface area is 225 Å². The van der Waals surface area contributed by atoms with Crippen molar-refractivity contribution in [2.75, 3.05) is 29.9 Å². The van der Waals surface area contributed by atoms with E-state index >= 15 is 0 Å². The van der Waals surface area contributed by atoms with Gasteiger partial charge in [0, 0.05) is 49.5 Å². The molecule has 38 heavy (non-hydrogen) atoms. The third kappa shape index (κ3) is 5.54. The summed E-state index contributed by atoms with van der Waals surface area (Å²) in [6.45, 7) is 5.45. The Kier molecular flexibility index (Phi) is 7.40. The van der Waals surface area contributed by atoms with E-state index in [2.05, 4.69) is 37.6 Å². The first-order chi connectivity index (χ1) is 18.3. The fourth-order valence-electron chi connectivity index (χ4n) is 5.04. The highest BCUT2D eigenvalue weighted by Crippen LogP contribution is 2.30. The van der Waals surface area contributed by atoms with Gasteiger partial charge in [0.1, 0.15) is 11.4 Å². The van der Waals surface area contributed by atoms with Crippen molar-refractivity contribution >= 4 is 39.9 Å². The second-order valence-electron chi connectivity index (χ2n) is 9.75. The van der Waals surface area contributed by atoms with E-state index in [9.17, 15) is 14.7 Å². The monoisotopic (exact) mass is 534 g/mol. The fraction of sp³-hybridized carbons (Fsp3) is 0.321. The van der Waals surface area contributed by atoms with Crippen LogP contribution in [-0.4, -0.2) is 51.6 Å². The zero-order valence-corrected chi connectivity index (χ0v) is 22.1. The molecule has 1 unspecified atom stereocenters. The number of H-pyrrole nitrogens is 2. The molecule has 0 saturated carbocycles. The van der Waals surface area contributed by atoms with Gasteiger partial charge in [-0.15, -0.1) is 0 Å². The number of halogens is 1. The number of aromatic amines is 2. The van der Waals surface area contributed by atoms with E-state index in [-0.39, 0.29) is 24.1 Å². The molecule has 4 aromatic rings. The number of nitrogens with one attached hydrogen (secondary N) is 4. The fourth-order valence-corrected chi connectivity index (χ4v) is 5.24. The van der Waals surface area contributed by atoms with Gasteiger partial charge in [-0.05, 0) is 61.2 Å². The molecule has 1 aliphatic heterocycles. The lowest BCUT2D eigenvalue weighted by Crippen LogP contribution is -2.44. The minimum atomic E-state index is -0.809. The minimum Gasteiger partial charge on any atom is -0.387 e. The van der Waals surface area contributed by atoms with Crippen molar-refractivity contribution in [3.8, 4) is 11.4 Å². The molecule has 1 atom stereocenters. The van der Waals surface area contributed by atoms with Gasteiger partial charge in [-0.2, -0.15) is 0 Å². The number of benzene rings is 2. The van der Waals surface area contributed by atoms with Crippen molar-refractivity contribution in [2.45, 2.75) is 38.8 Å². The number of rotatable bonds is 7. The molecular formula is C28H31ClN6O3. The predicted molar refractivity (Wildman–Crippen MR) is 151 cm³/mol. The number of carbonyl (C=O) groups is 1. The first-order valence-corrected chi connectivity index (χ1v) is 13.1. The Bertz CT molecular complexity index is 1520. The summed E-state index contributed by atoms with van der Waals surface area (Å²) in [5, 5.41) is 17.4. The van der Waals surface area contributed by atoms with Gasteiger partial charge in [-0.1, -0.05) is 23.7 Å². The summed E-state index contributed by atoms with van der Waals surface area (Å²) in [4.78, 5) is 37.5. The largest absolute Gasteiger partial charge is 0.387 e. The number of amides is 1. The Morgan fingerprint density at radius 1 is 1.24 bits per heavy atom. The molecule has 2 aromatic carbocycles. The number of aromatic nitrogens is 3. The molecule has 2 aromatic heterocycles. The number of carbonyl (C=O) groups excluding carboxylic acids is 1. The molecule has 9 nitrogen and oxygen atoms in total. The molecule has 0 bridgehead atoms. The predicted octanol–water partition coefficient (Wildman–Crippen LogP) is 4.13. The Hall–Kier alpha value is -3.82. The zero-order chi connectivity index (χ0) is 26.8. The van der Waals surface area contributed by atoms with Crippen molar-refractivity contribution in [3.05, 3.63) is 75.2 Å². The van der Waals surface area contributed by atoms with Crippen LogP contribution in [0.3, 0.4) is 0 Å². The lowest BCUT2D eigenvalue weighted by Gasteiger charge is -2.34. The number of nitrogens with zero attached hydrogens (tertiary/aromatic N) is 2. The van der Waals surface area contributed by atoms with E-state index in [0.29, 0.717) is 27.7 Å². The molecule has 1 aliphatic rings. The topological polar surface area (TPSA) is 126 Å². The van der Waals surface area contributed by atoms with Crippen LogP contribution in [0.25, 0.3) is 22.4 Å². The maximum atomic E-state index is 12.9. The molecule has 198 valence electrons. The smallest absolute Gasteiger partial charge is 0.261 e. The third-order valence-corrected chi connectivity index (χ3v) is 7.18. The minimum absolute atomic E-state index is 0.00874. The molecule has 1 saturated heterocycles. The second kappa shape index (κ2) is 10.9. The maximum absolute atomic E-state index is 12.9. The average Bonchev–Trinajstić information content (AvgIpc) is 3.31. The summed E-state index contributed by atoms with van der Waals surface area (Å²) in [7, 11) is 0. The molecule has 1 amide bonds. The van der Waals surface area contributed by atoms with Crippen molar-refractivity contribution in [1.82, 2.24) is 20.3 Å². The van der Waals surface area contributed by atoms with Gasteiger partial charge in [0.05, 0.1) is 22.8 Å². The van der Waals surface area contributed by atoms with E-state index < -0.39 is 6.10 Å². The lowest BCUT2D eigenvalue weighted by atomic mass is 10.0. The van der Waals surface area contributed by atoms with Crippen molar-refractivity contribution in [2.24, 2.45) is 0 Å². The van der Waals surface area contributed by atoms with Crippen LogP contribution in [0.2, 0.25) is 5.02 Å². The van der Waals surface area contributed by atoms with Crippen molar-refractivity contribution in [1.29, 1.82) is 0 Å². The highest BCUT2D eigenvalue weighted by Gasteiger charge is 2.22. The van der Waals surface area contributed by atoms with Gasteiger partial charge in [-0.25, -0.2) is 4.98 Å². The average molecular weight is 535 g/mol. The van der Waals surface area contributed by atoms with Crippen LogP contribution < -0.4 is 21.1 Å². The van der Waals surface area contributed by atoms with Crippen LogP contribution in [0.5, 0.6) is 0 Å². The van der Waals surface area contributed by atoms with Crippen molar-refractivity contribution in [3.63, 3.8) is 0 Å². The molecule has 10 heteroatoms. The summed E-state index contributed by atoms with van der Waals surface area (Å²) in [5.74, 6) is 0.459. The molecule has 5 rings (SSSR count). The lowest BCUT2D eigenvalue weighted by molar-refractivity contribution is -0.119. The Morgan fingerprint density at radius 3 is 2.76 bits per heavy atom. The molecule has 0 aliphatic carbocycles. The van der Waals surface area contributed by atoms with Crippen LogP contribution in [0, 0.1) is 6.92 Å². The number of piperidine rings is 1. The summed E-state index contributed by atoms with van der Waals surface area (Å²) in [6.07, 6.45) is 2.54.